The van der Waals surface area contributed by atoms with Crippen LogP contribution in [0.4, 0.5) is 5.69 Å². The van der Waals surface area contributed by atoms with Crippen molar-refractivity contribution in [1.82, 2.24) is 5.32 Å². The van der Waals surface area contributed by atoms with Crippen molar-refractivity contribution in [1.29, 1.82) is 0 Å². The monoisotopic (exact) mass is 248 g/mol. The van der Waals surface area contributed by atoms with Crippen LogP contribution in [-0.4, -0.2) is 31.8 Å². The lowest BCUT2D eigenvalue weighted by Crippen LogP contribution is -2.34. The number of aliphatic hydroxyl groups excluding tert-OH is 1. The van der Waals surface area contributed by atoms with Gasteiger partial charge in [-0.15, -0.1) is 0 Å². The summed E-state index contributed by atoms with van der Waals surface area (Å²) in [6, 6.07) is 8.34. The van der Waals surface area contributed by atoms with E-state index in [1.54, 1.807) is 0 Å². The maximum absolute atomic E-state index is 9.89. The molecular weight excluding hydrogens is 224 g/mol. The highest BCUT2D eigenvalue weighted by Crippen LogP contribution is 2.24. The van der Waals surface area contributed by atoms with Gasteiger partial charge in [0.2, 0.25) is 0 Å². The lowest BCUT2D eigenvalue weighted by molar-refractivity contribution is 0.178. The predicted molar refractivity (Wildman–Crippen MR) is 75.9 cm³/mol. The molecule has 100 valence electrons. The van der Waals surface area contributed by atoms with E-state index in [2.05, 4.69) is 29.3 Å². The summed E-state index contributed by atoms with van der Waals surface area (Å²) in [5, 5.41) is 12.9. The van der Waals surface area contributed by atoms with E-state index in [9.17, 15) is 5.11 Å². The van der Waals surface area contributed by atoms with Crippen molar-refractivity contribution in [3.05, 3.63) is 29.8 Å². The van der Waals surface area contributed by atoms with Crippen LogP contribution in [-0.2, 0) is 0 Å². The van der Waals surface area contributed by atoms with Gasteiger partial charge >= 0.3 is 0 Å². The quantitative estimate of drug-likeness (QED) is 0.857. The Labute approximate surface area is 110 Å². The number of piperidine rings is 1. The first-order chi connectivity index (χ1) is 8.70. The highest BCUT2D eigenvalue weighted by atomic mass is 16.3. The van der Waals surface area contributed by atoms with Crippen LogP contribution in [0.2, 0.25) is 0 Å². The summed E-state index contributed by atoms with van der Waals surface area (Å²) in [5.41, 5.74) is 2.26. The van der Waals surface area contributed by atoms with E-state index in [-0.39, 0.29) is 0 Å². The molecule has 3 nitrogen and oxygen atoms in total. The molecule has 1 fully saturated rings. The standard InChI is InChI=1S/C15H24N2O/c1-12-4-3-9-17(11-12)14-7-5-13(6-8-14)15(18)10-16-2/h5-8,12,15-16,18H,3-4,9-11H2,1-2H3. The van der Waals surface area contributed by atoms with Gasteiger partial charge in [-0.05, 0) is 43.5 Å². The van der Waals surface area contributed by atoms with Crippen LogP contribution in [0.5, 0.6) is 0 Å². The number of nitrogens with zero attached hydrogens (tertiary/aromatic N) is 1. The molecule has 3 heteroatoms. The van der Waals surface area contributed by atoms with Crippen LogP contribution in [0, 0.1) is 5.92 Å². The van der Waals surface area contributed by atoms with Gasteiger partial charge in [0.25, 0.3) is 0 Å². The topological polar surface area (TPSA) is 35.5 Å². The third-order valence-electron chi connectivity index (χ3n) is 3.70. The fourth-order valence-electron chi connectivity index (χ4n) is 2.64. The molecule has 0 spiro atoms. The molecule has 18 heavy (non-hydrogen) atoms. The van der Waals surface area contributed by atoms with E-state index in [0.717, 1.165) is 24.6 Å². The molecule has 1 heterocycles. The van der Waals surface area contributed by atoms with E-state index in [0.29, 0.717) is 6.54 Å². The predicted octanol–water partition coefficient (Wildman–Crippen LogP) is 2.18. The normalized spacial score (nSPS) is 21.9. The van der Waals surface area contributed by atoms with Gasteiger partial charge in [0.1, 0.15) is 0 Å². The molecule has 1 aromatic rings. The molecule has 0 radical (unpaired) electrons. The molecule has 1 aromatic carbocycles. The van der Waals surface area contributed by atoms with Gasteiger partial charge in [0.05, 0.1) is 6.10 Å². The lowest BCUT2D eigenvalue weighted by atomic mass is 9.99. The number of hydrogen-bond donors (Lipinski definition) is 2. The van der Waals surface area contributed by atoms with Crippen molar-refractivity contribution in [3.8, 4) is 0 Å². The minimum absolute atomic E-state index is 0.413. The average molecular weight is 248 g/mol. The molecule has 0 amide bonds. The Morgan fingerprint density at radius 2 is 2.11 bits per heavy atom. The fourth-order valence-corrected chi connectivity index (χ4v) is 2.64. The van der Waals surface area contributed by atoms with Crippen LogP contribution in [0.3, 0.4) is 0 Å². The molecule has 2 unspecified atom stereocenters. The Kier molecular flexibility index (Phi) is 4.61. The van der Waals surface area contributed by atoms with Gasteiger partial charge in [-0.2, -0.15) is 0 Å². The van der Waals surface area contributed by atoms with E-state index >= 15 is 0 Å². The van der Waals surface area contributed by atoms with Gasteiger partial charge in [-0.1, -0.05) is 19.1 Å². The van der Waals surface area contributed by atoms with Gasteiger partial charge in [0.15, 0.2) is 0 Å². The molecular formula is C15H24N2O. The zero-order valence-corrected chi connectivity index (χ0v) is 11.4. The summed E-state index contributed by atoms with van der Waals surface area (Å²) < 4.78 is 0. The molecule has 1 aliphatic heterocycles. The van der Waals surface area contributed by atoms with Gasteiger partial charge in [0, 0.05) is 25.3 Å². The highest BCUT2D eigenvalue weighted by molar-refractivity contribution is 5.48. The Balaban J connectivity index is 2.02. The fraction of sp³-hybridized carbons (Fsp3) is 0.600. The largest absolute Gasteiger partial charge is 0.387 e. The molecule has 0 aromatic heterocycles. The molecule has 1 saturated heterocycles. The molecule has 1 aliphatic rings. The van der Waals surface area contributed by atoms with Crippen LogP contribution in [0.15, 0.2) is 24.3 Å². The van der Waals surface area contributed by atoms with E-state index in [1.807, 2.05) is 19.2 Å². The SMILES string of the molecule is CNCC(O)c1ccc(N2CCCC(C)C2)cc1. The van der Waals surface area contributed by atoms with Gasteiger partial charge < -0.3 is 15.3 Å². The second kappa shape index (κ2) is 6.21. The Morgan fingerprint density at radius 3 is 2.72 bits per heavy atom. The Morgan fingerprint density at radius 1 is 1.39 bits per heavy atom. The first kappa shape index (κ1) is 13.4. The molecule has 2 rings (SSSR count). The summed E-state index contributed by atoms with van der Waals surface area (Å²) >= 11 is 0. The number of likely N-dealkylation sites (N-methyl/N-ethyl adjacent to an activating group) is 1. The van der Waals surface area contributed by atoms with Crippen molar-refractivity contribution < 1.29 is 5.11 Å². The number of rotatable bonds is 4. The smallest absolute Gasteiger partial charge is 0.0914 e. The number of aliphatic hydroxyl groups is 1. The first-order valence-electron chi connectivity index (χ1n) is 6.88. The van der Waals surface area contributed by atoms with Crippen LogP contribution < -0.4 is 10.2 Å². The summed E-state index contributed by atoms with van der Waals surface area (Å²) in [7, 11) is 1.85. The van der Waals surface area contributed by atoms with Crippen LogP contribution in [0.25, 0.3) is 0 Å². The minimum atomic E-state index is -0.413. The molecule has 0 aliphatic carbocycles. The maximum atomic E-state index is 9.89. The van der Waals surface area contributed by atoms with E-state index in [4.69, 9.17) is 0 Å². The van der Waals surface area contributed by atoms with Gasteiger partial charge in [-0.25, -0.2) is 0 Å². The average Bonchev–Trinajstić information content (AvgIpc) is 2.39. The molecule has 0 bridgehead atoms. The summed E-state index contributed by atoms with van der Waals surface area (Å²) in [4.78, 5) is 2.45. The first-order valence-corrected chi connectivity index (χ1v) is 6.88. The summed E-state index contributed by atoms with van der Waals surface area (Å²) in [5.74, 6) is 0.785. The van der Waals surface area contributed by atoms with E-state index < -0.39 is 6.10 Å². The highest BCUT2D eigenvalue weighted by Gasteiger charge is 2.16. The number of nitrogens with one attached hydrogen (secondary N) is 1. The van der Waals surface area contributed by atoms with Crippen molar-refractivity contribution in [2.45, 2.75) is 25.9 Å². The second-order valence-corrected chi connectivity index (χ2v) is 5.36. The number of benzene rings is 1. The molecule has 2 N–H and O–H groups in total. The Bertz CT molecular complexity index is 363. The number of anilines is 1. The summed E-state index contributed by atoms with van der Waals surface area (Å²) in [6.45, 7) is 5.22. The van der Waals surface area contributed by atoms with Crippen LogP contribution in [0.1, 0.15) is 31.4 Å². The molecule has 0 saturated carbocycles. The minimum Gasteiger partial charge on any atom is -0.387 e. The zero-order chi connectivity index (χ0) is 13.0. The second-order valence-electron chi connectivity index (χ2n) is 5.36. The van der Waals surface area contributed by atoms with Crippen molar-refractivity contribution in [2.75, 3.05) is 31.6 Å². The van der Waals surface area contributed by atoms with Gasteiger partial charge in [-0.3, -0.25) is 0 Å². The number of hydrogen-bond acceptors (Lipinski definition) is 3. The van der Waals surface area contributed by atoms with E-state index in [1.165, 1.54) is 18.5 Å². The maximum Gasteiger partial charge on any atom is 0.0914 e. The third kappa shape index (κ3) is 3.24. The van der Waals surface area contributed by atoms with Crippen molar-refractivity contribution in [3.63, 3.8) is 0 Å². The van der Waals surface area contributed by atoms with Crippen LogP contribution >= 0.6 is 0 Å². The summed E-state index contributed by atoms with van der Waals surface area (Å²) in [6.07, 6.45) is 2.21. The molecule has 2 atom stereocenters. The lowest BCUT2D eigenvalue weighted by Gasteiger charge is -2.33. The third-order valence-corrected chi connectivity index (χ3v) is 3.70. The van der Waals surface area contributed by atoms with Crippen molar-refractivity contribution >= 4 is 5.69 Å². The zero-order valence-electron chi connectivity index (χ0n) is 11.4. The van der Waals surface area contributed by atoms with Crippen molar-refractivity contribution in [2.24, 2.45) is 5.92 Å². The Hall–Kier alpha value is -1.06.